The maximum absolute atomic E-state index is 4.40. The van der Waals surface area contributed by atoms with Gasteiger partial charge in [-0.1, -0.05) is 6.92 Å². The number of hydrogen-bond acceptors (Lipinski definition) is 2. The molecule has 1 heterocycles. The van der Waals surface area contributed by atoms with Crippen LogP contribution in [-0.2, 0) is 6.42 Å². The van der Waals surface area contributed by atoms with Crippen molar-refractivity contribution in [1.29, 1.82) is 0 Å². The van der Waals surface area contributed by atoms with Gasteiger partial charge in [0.15, 0.2) is 5.82 Å². The molecule has 0 fully saturated rings. The van der Waals surface area contributed by atoms with Crippen molar-refractivity contribution in [2.45, 2.75) is 58.4 Å². The van der Waals surface area contributed by atoms with Crippen LogP contribution in [0.5, 0.6) is 0 Å². The van der Waals surface area contributed by atoms with Crippen molar-refractivity contribution >= 4 is 5.82 Å². The van der Waals surface area contributed by atoms with Crippen molar-refractivity contribution in [3.8, 4) is 0 Å². The summed E-state index contributed by atoms with van der Waals surface area (Å²) in [6.45, 7) is 6.57. The molecular weight excluding hydrogens is 186 g/mol. The molecule has 0 spiro atoms. The van der Waals surface area contributed by atoms with Gasteiger partial charge in [-0.3, -0.25) is 5.10 Å². The highest BCUT2D eigenvalue weighted by Gasteiger charge is 2.24. The van der Waals surface area contributed by atoms with E-state index in [1.54, 1.807) is 0 Å². The molecule has 3 heteroatoms. The Morgan fingerprint density at radius 2 is 2.33 bits per heavy atom. The molecule has 1 atom stereocenters. The average molecular weight is 207 g/mol. The van der Waals surface area contributed by atoms with Crippen LogP contribution < -0.4 is 5.32 Å². The Balaban J connectivity index is 2.25. The second-order valence-corrected chi connectivity index (χ2v) is 4.76. The molecule has 0 radical (unpaired) electrons. The van der Waals surface area contributed by atoms with Crippen LogP contribution in [0.25, 0.3) is 0 Å². The zero-order valence-electron chi connectivity index (χ0n) is 9.93. The van der Waals surface area contributed by atoms with E-state index in [4.69, 9.17) is 0 Å². The van der Waals surface area contributed by atoms with E-state index in [-0.39, 0.29) is 0 Å². The predicted octanol–water partition coefficient (Wildman–Crippen LogP) is 3.06. The molecule has 2 rings (SSSR count). The normalized spacial score (nSPS) is 20.4. The summed E-state index contributed by atoms with van der Waals surface area (Å²) in [7, 11) is 0. The Labute approximate surface area is 91.7 Å². The first-order valence-electron chi connectivity index (χ1n) is 6.06. The molecule has 0 amide bonds. The minimum Gasteiger partial charge on any atom is -0.366 e. The fraction of sp³-hybridized carbons (Fsp3) is 0.750. The molecule has 0 bridgehead atoms. The zero-order valence-corrected chi connectivity index (χ0v) is 9.93. The summed E-state index contributed by atoms with van der Waals surface area (Å²) in [6.07, 6.45) is 5.01. The molecule has 15 heavy (non-hydrogen) atoms. The highest BCUT2D eigenvalue weighted by Crippen LogP contribution is 2.35. The van der Waals surface area contributed by atoms with E-state index >= 15 is 0 Å². The number of anilines is 1. The lowest BCUT2D eigenvalue weighted by Crippen LogP contribution is -2.13. The minimum atomic E-state index is 0.458. The number of H-pyrrole nitrogens is 1. The van der Waals surface area contributed by atoms with Crippen molar-refractivity contribution in [1.82, 2.24) is 10.2 Å². The van der Waals surface area contributed by atoms with E-state index in [0.717, 1.165) is 5.82 Å². The Kier molecular flexibility index (Phi) is 2.98. The lowest BCUT2D eigenvalue weighted by atomic mass is 9.86. The largest absolute Gasteiger partial charge is 0.366 e. The second kappa shape index (κ2) is 4.25. The predicted molar refractivity (Wildman–Crippen MR) is 63.3 cm³/mol. The molecule has 0 saturated carbocycles. The van der Waals surface area contributed by atoms with Gasteiger partial charge in [0.05, 0.1) is 0 Å². The van der Waals surface area contributed by atoms with Gasteiger partial charge in [-0.25, -0.2) is 0 Å². The van der Waals surface area contributed by atoms with Crippen molar-refractivity contribution < 1.29 is 0 Å². The first-order chi connectivity index (χ1) is 7.22. The van der Waals surface area contributed by atoms with E-state index in [1.165, 1.54) is 36.9 Å². The second-order valence-electron chi connectivity index (χ2n) is 4.76. The van der Waals surface area contributed by atoms with Crippen molar-refractivity contribution in [3.63, 3.8) is 0 Å². The molecule has 1 aliphatic carbocycles. The van der Waals surface area contributed by atoms with Crippen LogP contribution in [0.3, 0.4) is 0 Å². The standard InChI is InChI=1S/C12H21N3/c1-4-9-6-5-7-10-11(9)14-15-12(10)13-8(2)3/h8-9H,4-7H2,1-3H3,(H2,13,14,15). The Bertz CT molecular complexity index is 328. The smallest absolute Gasteiger partial charge is 0.151 e. The van der Waals surface area contributed by atoms with Crippen molar-refractivity contribution in [3.05, 3.63) is 11.3 Å². The Morgan fingerprint density at radius 3 is 3.00 bits per heavy atom. The van der Waals surface area contributed by atoms with Crippen LogP contribution >= 0.6 is 0 Å². The maximum atomic E-state index is 4.40. The summed E-state index contributed by atoms with van der Waals surface area (Å²) < 4.78 is 0. The van der Waals surface area contributed by atoms with Crippen molar-refractivity contribution in [2.24, 2.45) is 0 Å². The Hall–Kier alpha value is -0.990. The molecule has 2 N–H and O–H groups in total. The summed E-state index contributed by atoms with van der Waals surface area (Å²) >= 11 is 0. The molecule has 1 aromatic heterocycles. The third-order valence-corrected chi connectivity index (χ3v) is 3.20. The quantitative estimate of drug-likeness (QED) is 0.799. The van der Waals surface area contributed by atoms with Crippen LogP contribution in [0.4, 0.5) is 5.82 Å². The van der Waals surface area contributed by atoms with E-state index in [1.807, 2.05) is 0 Å². The molecule has 1 unspecified atom stereocenters. The van der Waals surface area contributed by atoms with E-state index in [0.29, 0.717) is 12.0 Å². The number of rotatable bonds is 3. The molecule has 1 aliphatic rings. The fourth-order valence-corrected chi connectivity index (χ4v) is 2.44. The van der Waals surface area contributed by atoms with Crippen LogP contribution in [0.1, 0.15) is 57.2 Å². The minimum absolute atomic E-state index is 0.458. The third kappa shape index (κ3) is 2.01. The zero-order chi connectivity index (χ0) is 10.8. The summed E-state index contributed by atoms with van der Waals surface area (Å²) in [5, 5.41) is 11.0. The van der Waals surface area contributed by atoms with Gasteiger partial charge in [0, 0.05) is 23.2 Å². The topological polar surface area (TPSA) is 40.7 Å². The highest BCUT2D eigenvalue weighted by atomic mass is 15.2. The summed E-state index contributed by atoms with van der Waals surface area (Å²) in [6, 6.07) is 0.458. The third-order valence-electron chi connectivity index (χ3n) is 3.20. The lowest BCUT2D eigenvalue weighted by Gasteiger charge is -2.21. The maximum Gasteiger partial charge on any atom is 0.151 e. The van der Waals surface area contributed by atoms with E-state index in [2.05, 4.69) is 36.3 Å². The first-order valence-corrected chi connectivity index (χ1v) is 6.06. The van der Waals surface area contributed by atoms with Gasteiger partial charge in [-0.05, 0) is 39.5 Å². The van der Waals surface area contributed by atoms with Gasteiger partial charge in [-0.15, -0.1) is 0 Å². The van der Waals surface area contributed by atoms with Crippen LogP contribution in [0.2, 0.25) is 0 Å². The molecule has 0 saturated heterocycles. The molecule has 0 aromatic carbocycles. The summed E-state index contributed by atoms with van der Waals surface area (Å²) in [4.78, 5) is 0. The summed E-state index contributed by atoms with van der Waals surface area (Å²) in [5.41, 5.74) is 2.81. The molecule has 0 aliphatic heterocycles. The van der Waals surface area contributed by atoms with Gasteiger partial charge in [0.25, 0.3) is 0 Å². The number of fused-ring (bicyclic) bond motifs is 1. The van der Waals surface area contributed by atoms with Gasteiger partial charge in [0.1, 0.15) is 0 Å². The molecular formula is C12H21N3. The summed E-state index contributed by atoms with van der Waals surface area (Å²) in [5.74, 6) is 1.78. The monoisotopic (exact) mass is 207 g/mol. The van der Waals surface area contributed by atoms with E-state index < -0.39 is 0 Å². The van der Waals surface area contributed by atoms with Gasteiger partial charge < -0.3 is 5.32 Å². The number of aromatic amines is 1. The highest BCUT2D eigenvalue weighted by molar-refractivity contribution is 5.49. The number of nitrogens with zero attached hydrogens (tertiary/aromatic N) is 1. The fourth-order valence-electron chi connectivity index (χ4n) is 2.44. The van der Waals surface area contributed by atoms with Crippen LogP contribution in [-0.4, -0.2) is 16.2 Å². The van der Waals surface area contributed by atoms with Crippen molar-refractivity contribution in [2.75, 3.05) is 5.32 Å². The Morgan fingerprint density at radius 1 is 1.53 bits per heavy atom. The first kappa shape index (κ1) is 10.5. The molecule has 1 aromatic rings. The molecule has 3 nitrogen and oxygen atoms in total. The van der Waals surface area contributed by atoms with Gasteiger partial charge in [-0.2, -0.15) is 5.10 Å². The van der Waals surface area contributed by atoms with Crippen LogP contribution in [0, 0.1) is 0 Å². The number of aromatic nitrogens is 2. The lowest BCUT2D eigenvalue weighted by molar-refractivity contribution is 0.528. The molecule has 84 valence electrons. The SMILES string of the molecule is CCC1CCCc2c(NC(C)C)n[nH]c21. The average Bonchev–Trinajstić information content (AvgIpc) is 2.61. The van der Waals surface area contributed by atoms with Gasteiger partial charge in [0.2, 0.25) is 0 Å². The number of nitrogens with one attached hydrogen (secondary N) is 2. The number of hydrogen-bond donors (Lipinski definition) is 2. The van der Waals surface area contributed by atoms with E-state index in [9.17, 15) is 0 Å². The van der Waals surface area contributed by atoms with Crippen LogP contribution in [0.15, 0.2) is 0 Å². The van der Waals surface area contributed by atoms with Gasteiger partial charge >= 0.3 is 0 Å².